The summed E-state index contributed by atoms with van der Waals surface area (Å²) in [7, 11) is 0. The highest BCUT2D eigenvalue weighted by Crippen LogP contribution is 2.49. The lowest BCUT2D eigenvalue weighted by Gasteiger charge is -2.44. The van der Waals surface area contributed by atoms with E-state index in [9.17, 15) is 39.3 Å². The molecule has 2 aliphatic rings. The number of hydrogen-bond donors (Lipinski definition) is 4. The van der Waals surface area contributed by atoms with Crippen LogP contribution in [0.2, 0.25) is 0 Å². The van der Waals surface area contributed by atoms with Crippen molar-refractivity contribution < 1.29 is 68.4 Å². The molecule has 0 bridgehead atoms. The van der Waals surface area contributed by atoms with Crippen molar-refractivity contribution in [1.29, 1.82) is 0 Å². The van der Waals surface area contributed by atoms with Gasteiger partial charge in [0, 0.05) is 24.8 Å². The van der Waals surface area contributed by atoms with E-state index in [2.05, 4.69) is 18.0 Å². The zero-order chi connectivity index (χ0) is 37.1. The van der Waals surface area contributed by atoms with Crippen LogP contribution in [0.5, 0.6) is 0 Å². The van der Waals surface area contributed by atoms with E-state index in [-0.39, 0.29) is 12.0 Å². The highest BCUT2D eigenvalue weighted by Gasteiger charge is 2.64. The number of carbonyl (C=O) groups is 5. The first-order chi connectivity index (χ1) is 22.0. The number of fused-ring (bicyclic) bond motifs is 1. The maximum absolute atomic E-state index is 14.1. The predicted octanol–water partition coefficient (Wildman–Crippen LogP) is 2.29. The fraction of sp³-hybridized carbons (Fsp3) is 0.618. The van der Waals surface area contributed by atoms with Crippen LogP contribution in [0.25, 0.3) is 0 Å². The number of esters is 4. The number of carbonyl (C=O) groups excluding carboxylic acids is 5. The third kappa shape index (κ3) is 8.47. The third-order valence-electron chi connectivity index (χ3n) is 8.94. The Bertz CT molecular complexity index is 1370. The van der Waals surface area contributed by atoms with Crippen molar-refractivity contribution in [3.63, 3.8) is 0 Å². The number of Topliss-reactive ketones (excluding diaryl/α,β-unsaturated/α-hetero) is 1. The maximum Gasteiger partial charge on any atom is 0.336 e. The van der Waals surface area contributed by atoms with Gasteiger partial charge >= 0.3 is 23.9 Å². The first-order valence-corrected chi connectivity index (χ1v) is 15.4. The number of hydrogen-bond acceptors (Lipinski definition) is 14. The van der Waals surface area contributed by atoms with E-state index in [0.717, 1.165) is 26.8 Å². The number of ketones is 1. The van der Waals surface area contributed by atoms with Gasteiger partial charge in [0.25, 0.3) is 0 Å². The first-order valence-electron chi connectivity index (χ1n) is 15.4. The Kier molecular flexibility index (Phi) is 12.9. The monoisotopic (exact) mass is 680 g/mol. The molecule has 0 aromatic rings. The van der Waals surface area contributed by atoms with Gasteiger partial charge in [-0.15, -0.1) is 0 Å². The zero-order valence-electron chi connectivity index (χ0n) is 28.8. The van der Waals surface area contributed by atoms with E-state index in [0.29, 0.717) is 0 Å². The van der Waals surface area contributed by atoms with Crippen molar-refractivity contribution in [3.8, 4) is 0 Å². The van der Waals surface area contributed by atoms with Crippen molar-refractivity contribution in [2.75, 3.05) is 0 Å². The van der Waals surface area contributed by atoms with Crippen LogP contribution in [0.3, 0.4) is 0 Å². The Labute approximate surface area is 279 Å². The van der Waals surface area contributed by atoms with Crippen LogP contribution >= 0.6 is 0 Å². The van der Waals surface area contributed by atoms with Crippen molar-refractivity contribution in [1.82, 2.24) is 0 Å². The van der Waals surface area contributed by atoms with Gasteiger partial charge < -0.3 is 34.3 Å². The van der Waals surface area contributed by atoms with E-state index < -0.39 is 106 Å². The van der Waals surface area contributed by atoms with Crippen LogP contribution in [-0.4, -0.2) is 98.1 Å². The molecule has 14 nitrogen and oxygen atoms in total. The van der Waals surface area contributed by atoms with Crippen LogP contribution in [-0.2, 0) is 47.8 Å². The number of aliphatic hydroxyl groups is 3. The molecule has 2 aliphatic carbocycles. The van der Waals surface area contributed by atoms with Gasteiger partial charge in [-0.25, -0.2) is 14.5 Å². The Morgan fingerprint density at radius 3 is 2.02 bits per heavy atom. The summed E-state index contributed by atoms with van der Waals surface area (Å²) in [6, 6.07) is 0. The second kappa shape index (κ2) is 15.2. The molecule has 0 aliphatic heterocycles. The van der Waals surface area contributed by atoms with Crippen LogP contribution in [0.4, 0.5) is 0 Å². The largest absolute Gasteiger partial charge is 0.458 e. The number of rotatable bonds is 8. The van der Waals surface area contributed by atoms with Crippen LogP contribution in [0, 0.1) is 17.3 Å². The Morgan fingerprint density at radius 1 is 0.958 bits per heavy atom. The number of aliphatic hydroxyl groups excluding tert-OH is 1. The fourth-order valence-corrected chi connectivity index (χ4v) is 6.03. The predicted molar refractivity (Wildman–Crippen MR) is 169 cm³/mol. The van der Waals surface area contributed by atoms with E-state index in [1.54, 1.807) is 13.8 Å². The van der Waals surface area contributed by atoms with Crippen molar-refractivity contribution >= 4 is 29.7 Å². The molecule has 1 fully saturated rings. The van der Waals surface area contributed by atoms with Crippen LogP contribution in [0.15, 0.2) is 48.1 Å². The molecule has 0 spiro atoms. The van der Waals surface area contributed by atoms with Crippen molar-refractivity contribution in [2.24, 2.45) is 17.3 Å². The van der Waals surface area contributed by atoms with Gasteiger partial charge in [-0.3, -0.25) is 19.6 Å². The lowest BCUT2D eigenvalue weighted by atomic mass is 9.71. The second-order valence-electron chi connectivity index (χ2n) is 13.3. The average Bonchev–Trinajstić information content (AvgIpc) is 3.26. The number of ether oxygens (including phenoxy) is 4. The third-order valence-corrected chi connectivity index (χ3v) is 8.94. The maximum atomic E-state index is 14.1. The summed E-state index contributed by atoms with van der Waals surface area (Å²) in [4.78, 5) is 69.6. The van der Waals surface area contributed by atoms with Crippen LogP contribution in [0.1, 0.15) is 68.7 Å². The molecule has 0 radical (unpaired) electrons. The van der Waals surface area contributed by atoms with Gasteiger partial charge in [-0.05, 0) is 51.7 Å². The van der Waals surface area contributed by atoms with Crippen molar-refractivity contribution in [2.45, 2.75) is 117 Å². The Hall–Kier alpha value is -3.69. The van der Waals surface area contributed by atoms with Gasteiger partial charge in [0.15, 0.2) is 24.1 Å². The number of allylic oxidation sites excluding steroid dienone is 1. The summed E-state index contributed by atoms with van der Waals surface area (Å²) in [6.45, 7) is 19.6. The normalized spacial score (nSPS) is 35.2. The molecular formula is C34H48O14. The quantitative estimate of drug-likeness (QED) is 0.0724. The molecule has 0 saturated heterocycles. The van der Waals surface area contributed by atoms with Gasteiger partial charge in [0.2, 0.25) is 0 Å². The molecule has 0 heterocycles. The smallest absolute Gasteiger partial charge is 0.336 e. The first kappa shape index (κ1) is 40.5. The molecule has 48 heavy (non-hydrogen) atoms. The topological polar surface area (TPSA) is 212 Å². The minimum atomic E-state index is -2.56. The fourth-order valence-electron chi connectivity index (χ4n) is 6.03. The van der Waals surface area contributed by atoms with Gasteiger partial charge in [-0.2, -0.15) is 0 Å². The van der Waals surface area contributed by atoms with Gasteiger partial charge in [0.05, 0.1) is 17.6 Å². The van der Waals surface area contributed by atoms with E-state index in [1.807, 2.05) is 0 Å². The molecule has 0 aromatic heterocycles. The van der Waals surface area contributed by atoms with Gasteiger partial charge in [-0.1, -0.05) is 46.1 Å². The molecule has 268 valence electrons. The summed E-state index contributed by atoms with van der Waals surface area (Å²) in [5, 5.41) is 44.8. The zero-order valence-corrected chi connectivity index (χ0v) is 28.8. The standard InChI is InChI=1S/C34H48O14/c1-12-16(2)29(38)46-25-17(3)15-34(42)23(25)24(37)19(5)26(47-30(39)18(4)20(6)48-43)27(44-21(7)35)28(45-22(8)36)32(9,10)13-14-33(11,41)31(34)40/h12-14,17,20,23-28,37,41-43H,4-5,15H2,1-3,6-11H3/b14-13-,16-12-/t17-,20?,23-,24-,25-,26-,27+,28+,33+,34+/m0/s1. The van der Waals surface area contributed by atoms with Gasteiger partial charge in [0.1, 0.15) is 23.4 Å². The minimum absolute atomic E-state index is 0.187. The second-order valence-corrected chi connectivity index (χ2v) is 13.3. The van der Waals surface area contributed by atoms with E-state index >= 15 is 0 Å². The molecule has 1 saturated carbocycles. The molecule has 14 heteroatoms. The SMILES string of the molecule is C=C(C(=O)O[C@H]1C(=C)[C@H](O)[C@H]2[C@@H](OC(=O)/C(C)=C\C)[C@@H](C)C[C@]2(O)C(=O)[C@](C)(O)/C=C\C(C)(C)[C@H](OC(C)=O)[C@@H]1OC(C)=O)C(C)OO. The molecule has 1 unspecified atom stereocenters. The average molecular weight is 681 g/mol. The highest BCUT2D eigenvalue weighted by atomic mass is 17.1. The van der Waals surface area contributed by atoms with E-state index in [1.165, 1.54) is 39.8 Å². The summed E-state index contributed by atoms with van der Waals surface area (Å²) < 4.78 is 22.7. The summed E-state index contributed by atoms with van der Waals surface area (Å²) in [5.41, 5.74) is -7.07. The molecule has 0 aromatic carbocycles. The molecular weight excluding hydrogens is 632 g/mol. The summed E-state index contributed by atoms with van der Waals surface area (Å²) >= 11 is 0. The lowest BCUT2D eigenvalue weighted by molar-refractivity contribution is -0.264. The Morgan fingerprint density at radius 2 is 1.52 bits per heavy atom. The Balaban J connectivity index is 3.01. The minimum Gasteiger partial charge on any atom is -0.458 e. The molecule has 4 N–H and O–H groups in total. The summed E-state index contributed by atoms with van der Waals surface area (Å²) in [5.74, 6) is -7.46. The summed E-state index contributed by atoms with van der Waals surface area (Å²) in [6.07, 6.45) is -6.42. The molecule has 10 atom stereocenters. The molecule has 2 rings (SSSR count). The van der Waals surface area contributed by atoms with E-state index in [4.69, 9.17) is 24.2 Å². The highest BCUT2D eigenvalue weighted by molar-refractivity contribution is 5.97. The lowest BCUT2D eigenvalue weighted by Crippen LogP contribution is -2.60. The van der Waals surface area contributed by atoms with Crippen LogP contribution < -0.4 is 0 Å². The van der Waals surface area contributed by atoms with Crippen molar-refractivity contribution in [3.05, 3.63) is 48.1 Å². The molecule has 0 amide bonds.